The van der Waals surface area contributed by atoms with E-state index >= 15 is 0 Å². The van der Waals surface area contributed by atoms with E-state index in [1.807, 2.05) is 0 Å². The van der Waals surface area contributed by atoms with E-state index in [0.717, 1.165) is 6.42 Å². The summed E-state index contributed by atoms with van der Waals surface area (Å²) in [4.78, 5) is 0. The molecular formula is C98H64. The van der Waals surface area contributed by atoms with Crippen LogP contribution < -0.4 is 0 Å². The standard InChI is InChI=1S/C51H34.C47H30/c1-2-12-34(13-3-1)30-35-22-29-47-49(31-35)50(45-20-10-11-21-46(45)51(47)41-28-23-36-14-4-5-15-39(36)32-41)38-26-24-37(25-27-38)48-33-40-16-6-7-17-42(40)43-18-8-9-19-44(43)48;1-29-17-24-43-44(27-29)46(34-23-18-30-9-2-3-10-33(30)28-34)41-14-7-6-13-40(41)45(43)32-21-19-31(20-22-32)35-25-26-42-37-12-5-4-11-36(37)39-16-8-15-38(35)47(39)42/h1-29,31-33H,30H2;2-28H,1H3. The predicted molar refractivity (Wildman–Crippen MR) is 421 cm³/mol. The zero-order valence-corrected chi connectivity index (χ0v) is 54.3. The molecule has 0 heteroatoms. The Morgan fingerprint density at radius 2 is 0.571 bits per heavy atom. The molecule has 0 aromatic heterocycles. The first-order valence-electron chi connectivity index (χ1n) is 34.2. The minimum absolute atomic E-state index is 0.891. The van der Waals surface area contributed by atoms with Gasteiger partial charge in [-0.2, -0.15) is 0 Å². The molecule has 20 rings (SSSR count). The number of rotatable bonds is 8. The van der Waals surface area contributed by atoms with Crippen molar-refractivity contribution < 1.29 is 0 Å². The highest BCUT2D eigenvalue weighted by molar-refractivity contribution is 6.25. The molecule has 0 radical (unpaired) electrons. The second kappa shape index (κ2) is 23.5. The van der Waals surface area contributed by atoms with Crippen LogP contribution >= 0.6 is 0 Å². The van der Waals surface area contributed by atoms with E-state index in [4.69, 9.17) is 0 Å². The van der Waals surface area contributed by atoms with E-state index in [-0.39, 0.29) is 0 Å². The van der Waals surface area contributed by atoms with Crippen LogP contribution in [-0.2, 0) is 6.42 Å². The molecule has 0 nitrogen and oxygen atoms in total. The maximum Gasteiger partial charge on any atom is -0.00201 e. The Labute approximate surface area is 570 Å². The van der Waals surface area contributed by atoms with E-state index in [1.165, 1.54) is 203 Å². The summed E-state index contributed by atoms with van der Waals surface area (Å²) in [6.07, 6.45) is 0.891. The van der Waals surface area contributed by atoms with Crippen molar-refractivity contribution in [1.29, 1.82) is 0 Å². The van der Waals surface area contributed by atoms with Gasteiger partial charge < -0.3 is 0 Å². The molecule has 0 spiro atoms. The third-order valence-electron chi connectivity index (χ3n) is 20.9. The average Bonchev–Trinajstić information content (AvgIpc) is 1.25. The Morgan fingerprint density at radius 3 is 1.18 bits per heavy atom. The molecule has 19 aromatic carbocycles. The van der Waals surface area contributed by atoms with Crippen LogP contribution in [0.2, 0.25) is 0 Å². The Hall–Kier alpha value is -12.5. The van der Waals surface area contributed by atoms with Gasteiger partial charge in [-0.25, -0.2) is 0 Å². The molecule has 1 aliphatic carbocycles. The van der Waals surface area contributed by atoms with Crippen LogP contribution in [0.25, 0.3) is 186 Å². The summed E-state index contributed by atoms with van der Waals surface area (Å²) in [5.41, 5.74) is 24.4. The lowest BCUT2D eigenvalue weighted by molar-refractivity contribution is 1.20. The lowest BCUT2D eigenvalue weighted by Gasteiger charge is -2.19. The smallest absolute Gasteiger partial charge is 0.00201 e. The first-order valence-corrected chi connectivity index (χ1v) is 34.2. The van der Waals surface area contributed by atoms with Gasteiger partial charge in [0.2, 0.25) is 0 Å². The minimum atomic E-state index is 0.891. The highest BCUT2D eigenvalue weighted by Crippen LogP contribution is 2.51. The van der Waals surface area contributed by atoms with Crippen LogP contribution in [0, 0.1) is 6.92 Å². The lowest BCUT2D eigenvalue weighted by Crippen LogP contribution is -1.94. The molecule has 0 aliphatic heterocycles. The van der Waals surface area contributed by atoms with Crippen molar-refractivity contribution in [1.82, 2.24) is 0 Å². The zero-order valence-electron chi connectivity index (χ0n) is 54.3. The fraction of sp³-hybridized carbons (Fsp3) is 0.0204. The van der Waals surface area contributed by atoms with Gasteiger partial charge in [-0.3, -0.25) is 0 Å². The first kappa shape index (κ1) is 57.0. The molecule has 0 heterocycles. The van der Waals surface area contributed by atoms with E-state index in [2.05, 4.69) is 365 Å². The van der Waals surface area contributed by atoms with E-state index in [1.54, 1.807) is 0 Å². The van der Waals surface area contributed by atoms with Gasteiger partial charge in [0.25, 0.3) is 0 Å². The van der Waals surface area contributed by atoms with Crippen LogP contribution in [-0.4, -0.2) is 0 Å². The quantitative estimate of drug-likeness (QED) is 0.105. The summed E-state index contributed by atoms with van der Waals surface area (Å²) < 4.78 is 0. The molecule has 0 saturated carbocycles. The van der Waals surface area contributed by atoms with Crippen LogP contribution in [0.5, 0.6) is 0 Å². The fourth-order valence-electron chi connectivity index (χ4n) is 16.4. The maximum atomic E-state index is 2.44. The number of aryl methyl sites for hydroxylation is 1. The van der Waals surface area contributed by atoms with Gasteiger partial charge in [-0.1, -0.05) is 345 Å². The Balaban J connectivity index is 0.000000138. The summed E-state index contributed by atoms with van der Waals surface area (Å²) in [6.45, 7) is 2.20. The van der Waals surface area contributed by atoms with Gasteiger partial charge in [-0.15, -0.1) is 0 Å². The van der Waals surface area contributed by atoms with Crippen LogP contribution in [0.15, 0.2) is 358 Å². The SMILES string of the molecule is Cc1ccc2c(-c3ccc(-c4ccc5c6c(cccc46)-c4ccccc4-5)cc3)c3ccccc3c(-c3ccc4ccccc4c3)c2c1.c1ccc(Cc2ccc3c(-c4ccc5ccccc5c4)c4ccccc4c(-c4ccc(-c5cc6ccccc6c6ccccc56)cc4)c3c2)cc1. The molecule has 0 amide bonds. The lowest BCUT2D eigenvalue weighted by atomic mass is 9.84. The molecule has 0 atom stereocenters. The predicted octanol–water partition coefficient (Wildman–Crippen LogP) is 27.3. The highest BCUT2D eigenvalue weighted by atomic mass is 14.3. The van der Waals surface area contributed by atoms with Crippen LogP contribution in [0.1, 0.15) is 16.7 Å². The Bertz CT molecular complexity index is 6400. The largest absolute Gasteiger partial charge is 0.0622 e. The topological polar surface area (TPSA) is 0 Å². The summed E-state index contributed by atoms with van der Waals surface area (Å²) in [7, 11) is 0. The summed E-state index contributed by atoms with van der Waals surface area (Å²) in [5.74, 6) is 0. The first-order chi connectivity index (χ1) is 48.5. The second-order valence-corrected chi connectivity index (χ2v) is 26.6. The number of benzene rings is 19. The number of fused-ring (bicyclic) bond motifs is 12. The van der Waals surface area contributed by atoms with Crippen LogP contribution in [0.3, 0.4) is 0 Å². The van der Waals surface area contributed by atoms with E-state index in [0.29, 0.717) is 0 Å². The van der Waals surface area contributed by atoms with Crippen molar-refractivity contribution in [2.75, 3.05) is 0 Å². The molecule has 0 N–H and O–H groups in total. The molecular weight excluding hydrogens is 1180 g/mol. The minimum Gasteiger partial charge on any atom is -0.0622 e. The molecule has 456 valence electrons. The van der Waals surface area contributed by atoms with Crippen molar-refractivity contribution >= 4 is 97.0 Å². The summed E-state index contributed by atoms with van der Waals surface area (Å²) >= 11 is 0. The van der Waals surface area contributed by atoms with Crippen molar-refractivity contribution in [2.24, 2.45) is 0 Å². The third kappa shape index (κ3) is 9.59. The Morgan fingerprint density at radius 1 is 0.173 bits per heavy atom. The van der Waals surface area contributed by atoms with Gasteiger partial charge in [0.1, 0.15) is 0 Å². The number of hydrogen-bond donors (Lipinski definition) is 0. The molecule has 19 aromatic rings. The van der Waals surface area contributed by atoms with Crippen LogP contribution in [0.4, 0.5) is 0 Å². The van der Waals surface area contributed by atoms with Gasteiger partial charge in [-0.05, 0) is 229 Å². The van der Waals surface area contributed by atoms with E-state index in [9.17, 15) is 0 Å². The normalized spacial score (nSPS) is 11.8. The Kier molecular flexibility index (Phi) is 13.6. The highest BCUT2D eigenvalue weighted by Gasteiger charge is 2.24. The monoisotopic (exact) mass is 1240 g/mol. The molecule has 0 fully saturated rings. The molecule has 0 bridgehead atoms. The average molecular weight is 1240 g/mol. The van der Waals surface area contributed by atoms with Gasteiger partial charge in [0.15, 0.2) is 0 Å². The molecule has 98 heavy (non-hydrogen) atoms. The maximum absolute atomic E-state index is 2.44. The fourth-order valence-corrected chi connectivity index (χ4v) is 16.4. The molecule has 1 aliphatic rings. The molecule has 0 unspecified atom stereocenters. The van der Waals surface area contributed by atoms with Crippen molar-refractivity contribution in [3.63, 3.8) is 0 Å². The van der Waals surface area contributed by atoms with Gasteiger partial charge in [0.05, 0.1) is 0 Å². The van der Waals surface area contributed by atoms with Crippen molar-refractivity contribution in [3.05, 3.63) is 375 Å². The van der Waals surface area contributed by atoms with Crippen molar-refractivity contribution in [2.45, 2.75) is 13.3 Å². The third-order valence-corrected chi connectivity index (χ3v) is 20.9. The summed E-state index contributed by atoms with van der Waals surface area (Å²) in [6, 6.07) is 133. The summed E-state index contributed by atoms with van der Waals surface area (Å²) in [5, 5.41) is 23.1. The molecule has 0 saturated heterocycles. The van der Waals surface area contributed by atoms with Gasteiger partial charge in [0, 0.05) is 0 Å². The van der Waals surface area contributed by atoms with E-state index < -0.39 is 0 Å². The zero-order chi connectivity index (χ0) is 64.8. The second-order valence-electron chi connectivity index (χ2n) is 26.6. The van der Waals surface area contributed by atoms with Crippen molar-refractivity contribution in [3.8, 4) is 89.0 Å². The van der Waals surface area contributed by atoms with Gasteiger partial charge >= 0.3 is 0 Å². The number of hydrogen-bond acceptors (Lipinski definition) is 0.